The van der Waals surface area contributed by atoms with Gasteiger partial charge in [-0.05, 0) is 35.0 Å². The Balaban J connectivity index is 2.09. The van der Waals surface area contributed by atoms with Gasteiger partial charge in [0.15, 0.2) is 0 Å². The molecule has 0 aliphatic carbocycles. The lowest BCUT2D eigenvalue weighted by molar-refractivity contribution is 0.541. The van der Waals surface area contributed by atoms with Gasteiger partial charge in [-0.2, -0.15) is 16.4 Å². The highest BCUT2D eigenvalue weighted by atomic mass is 32.1. The maximum atomic E-state index is 4.42. The molecule has 2 aromatic rings. The predicted octanol–water partition coefficient (Wildman–Crippen LogP) is 2.37. The summed E-state index contributed by atoms with van der Waals surface area (Å²) in [5.41, 5.74) is 2.50. The summed E-state index contributed by atoms with van der Waals surface area (Å²) in [4.78, 5) is 0. The van der Waals surface area contributed by atoms with Crippen LogP contribution >= 0.6 is 11.3 Å². The predicted molar refractivity (Wildman–Crippen MR) is 67.6 cm³/mol. The Kier molecular flexibility index (Phi) is 3.74. The molecular weight excluding hydrogens is 218 g/mol. The third-order valence-electron chi connectivity index (χ3n) is 2.58. The van der Waals surface area contributed by atoms with E-state index in [-0.39, 0.29) is 0 Å². The number of hydrogen-bond acceptors (Lipinski definition) is 3. The van der Waals surface area contributed by atoms with Gasteiger partial charge in [0.1, 0.15) is 0 Å². The summed E-state index contributed by atoms with van der Waals surface area (Å²) in [6.07, 6.45) is 2.94. The minimum absolute atomic E-state index is 0.381. The summed E-state index contributed by atoms with van der Waals surface area (Å²) in [6, 6.07) is 4.64. The van der Waals surface area contributed by atoms with E-state index in [9.17, 15) is 0 Å². The quantitative estimate of drug-likeness (QED) is 0.862. The molecule has 0 saturated heterocycles. The molecule has 1 unspecified atom stereocenters. The lowest BCUT2D eigenvalue weighted by Gasteiger charge is -2.15. The number of nitrogens with zero attached hydrogens (tertiary/aromatic N) is 2. The molecule has 0 fully saturated rings. The monoisotopic (exact) mass is 235 g/mol. The standard InChI is InChI=1S/C12H17N3S/c1-3-13-12(10-5-7-16-9-10)8-11-4-6-15(2)14-11/h4-7,9,12-13H,3,8H2,1-2H3. The molecule has 2 rings (SSSR count). The third-order valence-corrected chi connectivity index (χ3v) is 3.28. The van der Waals surface area contributed by atoms with Gasteiger partial charge in [-0.25, -0.2) is 0 Å². The van der Waals surface area contributed by atoms with Crippen LogP contribution in [0.2, 0.25) is 0 Å². The zero-order valence-electron chi connectivity index (χ0n) is 9.68. The van der Waals surface area contributed by atoms with Gasteiger partial charge < -0.3 is 5.32 Å². The van der Waals surface area contributed by atoms with Crippen molar-refractivity contribution in [1.29, 1.82) is 0 Å². The number of nitrogens with one attached hydrogen (secondary N) is 1. The summed E-state index contributed by atoms with van der Waals surface area (Å²) < 4.78 is 1.85. The van der Waals surface area contributed by atoms with Crippen LogP contribution in [-0.2, 0) is 13.5 Å². The van der Waals surface area contributed by atoms with Gasteiger partial charge in [-0.15, -0.1) is 0 Å². The van der Waals surface area contributed by atoms with Crippen LogP contribution in [0.3, 0.4) is 0 Å². The second-order valence-electron chi connectivity index (χ2n) is 3.85. The fourth-order valence-corrected chi connectivity index (χ4v) is 2.52. The van der Waals surface area contributed by atoms with Crippen LogP contribution < -0.4 is 5.32 Å². The Hall–Kier alpha value is -1.13. The highest BCUT2D eigenvalue weighted by Crippen LogP contribution is 2.19. The van der Waals surface area contributed by atoms with Crippen molar-refractivity contribution in [2.45, 2.75) is 19.4 Å². The van der Waals surface area contributed by atoms with Gasteiger partial charge in [-0.3, -0.25) is 4.68 Å². The first kappa shape index (κ1) is 11.4. The molecule has 0 saturated carbocycles. The summed E-state index contributed by atoms with van der Waals surface area (Å²) in [6.45, 7) is 3.12. The van der Waals surface area contributed by atoms with Crippen molar-refractivity contribution >= 4 is 11.3 Å². The number of thiophene rings is 1. The van der Waals surface area contributed by atoms with Gasteiger partial charge >= 0.3 is 0 Å². The Morgan fingerprint density at radius 3 is 2.94 bits per heavy atom. The van der Waals surface area contributed by atoms with E-state index >= 15 is 0 Å². The first-order valence-electron chi connectivity index (χ1n) is 5.53. The van der Waals surface area contributed by atoms with E-state index in [1.807, 2.05) is 17.9 Å². The smallest absolute Gasteiger partial charge is 0.0643 e. The molecule has 0 amide bonds. The van der Waals surface area contributed by atoms with Gasteiger partial charge in [0.2, 0.25) is 0 Å². The fourth-order valence-electron chi connectivity index (χ4n) is 1.81. The van der Waals surface area contributed by atoms with E-state index in [0.29, 0.717) is 6.04 Å². The van der Waals surface area contributed by atoms with E-state index in [1.54, 1.807) is 11.3 Å². The second-order valence-corrected chi connectivity index (χ2v) is 4.63. The molecule has 0 aliphatic rings. The van der Waals surface area contributed by atoms with Crippen molar-refractivity contribution in [3.8, 4) is 0 Å². The van der Waals surface area contributed by atoms with Crippen molar-refractivity contribution in [1.82, 2.24) is 15.1 Å². The molecule has 16 heavy (non-hydrogen) atoms. The Labute approximate surface area is 100 Å². The van der Waals surface area contributed by atoms with Crippen molar-refractivity contribution in [3.05, 3.63) is 40.3 Å². The molecule has 4 heteroatoms. The number of rotatable bonds is 5. The lowest BCUT2D eigenvalue weighted by Crippen LogP contribution is -2.22. The topological polar surface area (TPSA) is 29.9 Å². The van der Waals surface area contributed by atoms with Crippen LogP contribution in [0.4, 0.5) is 0 Å². The zero-order valence-corrected chi connectivity index (χ0v) is 10.5. The van der Waals surface area contributed by atoms with Crippen LogP contribution in [0.25, 0.3) is 0 Å². The number of aryl methyl sites for hydroxylation is 1. The van der Waals surface area contributed by atoms with E-state index in [1.165, 1.54) is 5.56 Å². The maximum Gasteiger partial charge on any atom is 0.0643 e. The Morgan fingerprint density at radius 2 is 2.38 bits per heavy atom. The van der Waals surface area contributed by atoms with Crippen molar-refractivity contribution in [2.24, 2.45) is 7.05 Å². The van der Waals surface area contributed by atoms with Gasteiger partial charge in [0.25, 0.3) is 0 Å². The van der Waals surface area contributed by atoms with Crippen LogP contribution in [0.15, 0.2) is 29.1 Å². The fraction of sp³-hybridized carbons (Fsp3) is 0.417. The number of aromatic nitrogens is 2. The van der Waals surface area contributed by atoms with Crippen LogP contribution in [-0.4, -0.2) is 16.3 Å². The second kappa shape index (κ2) is 5.27. The molecular formula is C12H17N3S. The zero-order chi connectivity index (χ0) is 11.4. The molecule has 0 bridgehead atoms. The minimum Gasteiger partial charge on any atom is -0.310 e. The van der Waals surface area contributed by atoms with E-state index in [4.69, 9.17) is 0 Å². The molecule has 1 atom stereocenters. The van der Waals surface area contributed by atoms with Crippen molar-refractivity contribution in [3.63, 3.8) is 0 Å². The Bertz CT molecular complexity index is 419. The van der Waals surface area contributed by atoms with Gasteiger partial charge in [0.05, 0.1) is 5.69 Å². The van der Waals surface area contributed by atoms with E-state index < -0.39 is 0 Å². The highest BCUT2D eigenvalue weighted by Gasteiger charge is 2.12. The van der Waals surface area contributed by atoms with Crippen molar-refractivity contribution in [2.75, 3.05) is 6.54 Å². The SMILES string of the molecule is CCNC(Cc1ccn(C)n1)c1ccsc1. The first-order valence-corrected chi connectivity index (χ1v) is 6.48. The summed E-state index contributed by atoms with van der Waals surface area (Å²) >= 11 is 1.74. The molecule has 2 aromatic heterocycles. The highest BCUT2D eigenvalue weighted by molar-refractivity contribution is 7.07. The van der Waals surface area contributed by atoms with Crippen LogP contribution in [0.1, 0.15) is 24.2 Å². The van der Waals surface area contributed by atoms with Crippen molar-refractivity contribution < 1.29 is 0 Å². The van der Waals surface area contributed by atoms with Crippen LogP contribution in [0, 0.1) is 0 Å². The number of hydrogen-bond donors (Lipinski definition) is 1. The summed E-state index contributed by atoms with van der Waals surface area (Å²) in [7, 11) is 1.95. The Morgan fingerprint density at radius 1 is 1.50 bits per heavy atom. The summed E-state index contributed by atoms with van der Waals surface area (Å²) in [5, 5.41) is 12.3. The average molecular weight is 235 g/mol. The first-order chi connectivity index (χ1) is 7.79. The van der Waals surface area contributed by atoms with E-state index in [0.717, 1.165) is 18.7 Å². The largest absolute Gasteiger partial charge is 0.310 e. The molecule has 0 aromatic carbocycles. The normalized spacial score (nSPS) is 12.9. The molecule has 1 N–H and O–H groups in total. The molecule has 0 spiro atoms. The van der Waals surface area contributed by atoms with E-state index in [2.05, 4.69) is 40.2 Å². The van der Waals surface area contributed by atoms with Gasteiger partial charge in [0, 0.05) is 25.7 Å². The summed E-state index contributed by atoms with van der Waals surface area (Å²) in [5.74, 6) is 0. The number of likely N-dealkylation sites (N-methyl/N-ethyl adjacent to an activating group) is 1. The minimum atomic E-state index is 0.381. The molecule has 0 radical (unpaired) electrons. The average Bonchev–Trinajstić information content (AvgIpc) is 2.88. The molecule has 3 nitrogen and oxygen atoms in total. The molecule has 0 aliphatic heterocycles. The maximum absolute atomic E-state index is 4.42. The van der Waals surface area contributed by atoms with Gasteiger partial charge in [-0.1, -0.05) is 6.92 Å². The third kappa shape index (κ3) is 2.71. The lowest BCUT2D eigenvalue weighted by atomic mass is 10.1. The van der Waals surface area contributed by atoms with Crippen LogP contribution in [0.5, 0.6) is 0 Å². The molecule has 2 heterocycles. The molecule has 86 valence electrons.